The van der Waals surface area contributed by atoms with Gasteiger partial charge in [-0.15, -0.1) is 0 Å². The number of rotatable bonds is 3. The van der Waals surface area contributed by atoms with Crippen LogP contribution in [-0.2, 0) is 14.4 Å². The van der Waals surface area contributed by atoms with Gasteiger partial charge in [-0.05, 0) is 19.1 Å². The first-order valence-corrected chi connectivity index (χ1v) is 7.39. The molecule has 1 aromatic rings. The molecule has 1 saturated heterocycles. The van der Waals surface area contributed by atoms with Gasteiger partial charge in [0, 0.05) is 25.1 Å². The van der Waals surface area contributed by atoms with Crippen molar-refractivity contribution in [2.75, 3.05) is 33.4 Å². The zero-order chi connectivity index (χ0) is 15.6. The van der Waals surface area contributed by atoms with Gasteiger partial charge in [-0.2, -0.15) is 0 Å². The number of hydrogen-bond donors (Lipinski definition) is 0. The molecule has 0 spiro atoms. The monoisotopic (exact) mass is 304 g/mol. The van der Waals surface area contributed by atoms with Crippen molar-refractivity contribution in [1.29, 1.82) is 0 Å². The second-order valence-electron chi connectivity index (χ2n) is 5.64. The van der Waals surface area contributed by atoms with Crippen molar-refractivity contribution in [3.63, 3.8) is 0 Å². The Kier molecular flexibility index (Phi) is 4.02. The van der Waals surface area contributed by atoms with Crippen LogP contribution in [0.2, 0.25) is 0 Å². The highest BCUT2D eigenvalue weighted by molar-refractivity contribution is 6.07. The van der Waals surface area contributed by atoms with E-state index in [0.717, 1.165) is 17.0 Å². The van der Waals surface area contributed by atoms with Crippen LogP contribution in [0.3, 0.4) is 0 Å². The number of carbonyl (C=O) groups excluding carboxylic acids is 1. The predicted octanol–water partition coefficient (Wildman–Crippen LogP) is 1.44. The minimum atomic E-state index is -0.951. The first-order valence-electron chi connectivity index (χ1n) is 7.39. The van der Waals surface area contributed by atoms with E-state index in [4.69, 9.17) is 14.3 Å². The number of carbonyl (C=O) groups is 1. The van der Waals surface area contributed by atoms with E-state index in [0.29, 0.717) is 32.7 Å². The summed E-state index contributed by atoms with van der Waals surface area (Å²) in [5, 5.41) is 4.14. The Balaban J connectivity index is 1.76. The highest BCUT2D eigenvalue weighted by Gasteiger charge is 2.45. The van der Waals surface area contributed by atoms with E-state index in [1.54, 1.807) is 18.9 Å². The molecule has 3 rings (SSSR count). The van der Waals surface area contributed by atoms with Crippen molar-refractivity contribution in [1.82, 2.24) is 4.90 Å². The Morgan fingerprint density at radius 2 is 2.05 bits per heavy atom. The third kappa shape index (κ3) is 2.66. The largest absolute Gasteiger partial charge is 0.496 e. The second kappa shape index (κ2) is 5.96. The smallest absolute Gasteiger partial charge is 0.269 e. The van der Waals surface area contributed by atoms with Crippen LogP contribution in [-0.4, -0.2) is 55.5 Å². The average Bonchev–Trinajstić information content (AvgIpc) is 2.98. The summed E-state index contributed by atoms with van der Waals surface area (Å²) in [6.07, 6.45) is 0.434. The number of benzene rings is 1. The lowest BCUT2D eigenvalue weighted by Crippen LogP contribution is -2.51. The molecule has 118 valence electrons. The summed E-state index contributed by atoms with van der Waals surface area (Å²) in [6.45, 7) is 4.13. The first kappa shape index (κ1) is 14.8. The zero-order valence-corrected chi connectivity index (χ0v) is 12.9. The minimum absolute atomic E-state index is 0.0375. The Hall–Kier alpha value is -2.08. The summed E-state index contributed by atoms with van der Waals surface area (Å²) >= 11 is 0. The molecule has 0 N–H and O–H groups in total. The molecule has 1 aromatic carbocycles. The minimum Gasteiger partial charge on any atom is -0.496 e. The van der Waals surface area contributed by atoms with Crippen LogP contribution in [0.5, 0.6) is 5.75 Å². The van der Waals surface area contributed by atoms with Gasteiger partial charge in [0.1, 0.15) is 5.75 Å². The number of para-hydroxylation sites is 1. The SMILES string of the molecule is COc1ccccc1C1=NOC(C)(C(=O)N2CCOCC2)C1. The third-order valence-corrected chi connectivity index (χ3v) is 4.03. The Morgan fingerprint density at radius 3 is 2.77 bits per heavy atom. The average molecular weight is 304 g/mol. The van der Waals surface area contributed by atoms with Crippen LogP contribution < -0.4 is 4.74 Å². The van der Waals surface area contributed by atoms with E-state index in [9.17, 15) is 4.79 Å². The summed E-state index contributed by atoms with van der Waals surface area (Å²) < 4.78 is 10.6. The van der Waals surface area contributed by atoms with Gasteiger partial charge in [0.25, 0.3) is 5.91 Å². The molecule has 1 fully saturated rings. The second-order valence-corrected chi connectivity index (χ2v) is 5.64. The van der Waals surface area contributed by atoms with Crippen molar-refractivity contribution in [2.45, 2.75) is 18.9 Å². The first-order chi connectivity index (χ1) is 10.6. The number of nitrogens with zero attached hydrogens (tertiary/aromatic N) is 2. The fraction of sp³-hybridized carbons (Fsp3) is 0.500. The van der Waals surface area contributed by atoms with Crippen molar-refractivity contribution >= 4 is 11.6 Å². The molecule has 2 heterocycles. The molecule has 0 aliphatic carbocycles. The molecule has 6 heteroatoms. The standard InChI is InChI=1S/C16H20N2O4/c1-16(15(19)18-7-9-21-10-8-18)11-13(17-22-16)12-5-3-4-6-14(12)20-2/h3-6H,7-11H2,1-2H3. The maximum absolute atomic E-state index is 12.7. The molecule has 0 radical (unpaired) electrons. The van der Waals surface area contributed by atoms with Crippen molar-refractivity contribution in [3.8, 4) is 5.75 Å². The van der Waals surface area contributed by atoms with Crippen molar-refractivity contribution < 1.29 is 19.1 Å². The normalized spacial score (nSPS) is 24.6. The van der Waals surface area contributed by atoms with Crippen LogP contribution in [0.25, 0.3) is 0 Å². The van der Waals surface area contributed by atoms with Gasteiger partial charge >= 0.3 is 0 Å². The van der Waals surface area contributed by atoms with Crippen LogP contribution in [0.1, 0.15) is 18.9 Å². The van der Waals surface area contributed by atoms with Gasteiger partial charge in [-0.25, -0.2) is 0 Å². The number of ether oxygens (including phenoxy) is 2. The van der Waals surface area contributed by atoms with Gasteiger partial charge in [0.05, 0.1) is 26.0 Å². The van der Waals surface area contributed by atoms with Crippen LogP contribution in [0, 0.1) is 0 Å². The topological polar surface area (TPSA) is 60.4 Å². The van der Waals surface area contributed by atoms with E-state index in [1.807, 2.05) is 24.3 Å². The van der Waals surface area contributed by atoms with Gasteiger partial charge in [-0.1, -0.05) is 17.3 Å². The van der Waals surface area contributed by atoms with E-state index in [2.05, 4.69) is 5.16 Å². The lowest BCUT2D eigenvalue weighted by molar-refractivity contribution is -0.157. The lowest BCUT2D eigenvalue weighted by Gasteiger charge is -2.32. The number of hydrogen-bond acceptors (Lipinski definition) is 5. The molecule has 22 heavy (non-hydrogen) atoms. The molecule has 1 unspecified atom stereocenters. The maximum Gasteiger partial charge on any atom is 0.269 e. The fourth-order valence-corrected chi connectivity index (χ4v) is 2.78. The molecule has 0 saturated carbocycles. The van der Waals surface area contributed by atoms with Crippen LogP contribution in [0.15, 0.2) is 29.4 Å². The third-order valence-electron chi connectivity index (χ3n) is 4.03. The summed E-state index contributed by atoms with van der Waals surface area (Å²) in [7, 11) is 1.62. The Labute approximate surface area is 129 Å². The molecule has 2 aliphatic rings. The Morgan fingerprint density at radius 1 is 1.32 bits per heavy atom. The summed E-state index contributed by atoms with van der Waals surface area (Å²) in [5.74, 6) is 0.692. The highest BCUT2D eigenvalue weighted by atomic mass is 16.7. The van der Waals surface area contributed by atoms with Gasteiger partial charge in [-0.3, -0.25) is 4.79 Å². The summed E-state index contributed by atoms with van der Waals surface area (Å²) in [6, 6.07) is 7.61. The lowest BCUT2D eigenvalue weighted by atomic mass is 9.94. The zero-order valence-electron chi connectivity index (χ0n) is 12.9. The van der Waals surface area contributed by atoms with E-state index >= 15 is 0 Å². The van der Waals surface area contributed by atoms with Crippen LogP contribution >= 0.6 is 0 Å². The number of morpholine rings is 1. The molecular weight excluding hydrogens is 284 g/mol. The van der Waals surface area contributed by atoms with Gasteiger partial charge in [0.15, 0.2) is 0 Å². The predicted molar refractivity (Wildman–Crippen MR) is 81.0 cm³/mol. The maximum atomic E-state index is 12.7. The van der Waals surface area contributed by atoms with Crippen molar-refractivity contribution in [3.05, 3.63) is 29.8 Å². The van der Waals surface area contributed by atoms with Crippen molar-refractivity contribution in [2.24, 2.45) is 5.16 Å². The molecule has 0 aromatic heterocycles. The van der Waals surface area contributed by atoms with Crippen LogP contribution in [0.4, 0.5) is 0 Å². The highest BCUT2D eigenvalue weighted by Crippen LogP contribution is 2.31. The van der Waals surface area contributed by atoms with E-state index in [-0.39, 0.29) is 5.91 Å². The molecule has 1 atom stereocenters. The number of oxime groups is 1. The molecule has 0 bridgehead atoms. The van der Waals surface area contributed by atoms with E-state index < -0.39 is 5.60 Å². The molecule has 2 aliphatic heterocycles. The van der Waals surface area contributed by atoms with Gasteiger partial charge < -0.3 is 19.2 Å². The number of amides is 1. The quantitative estimate of drug-likeness (QED) is 0.848. The summed E-state index contributed by atoms with van der Waals surface area (Å²) in [4.78, 5) is 20.0. The fourth-order valence-electron chi connectivity index (χ4n) is 2.78. The molecular formula is C16H20N2O4. The van der Waals surface area contributed by atoms with Gasteiger partial charge in [0.2, 0.25) is 5.60 Å². The number of methoxy groups -OCH3 is 1. The summed E-state index contributed by atoms with van der Waals surface area (Å²) in [5.41, 5.74) is 0.651. The van der Waals surface area contributed by atoms with E-state index in [1.165, 1.54) is 0 Å². The Bertz CT molecular complexity index is 596. The molecule has 1 amide bonds. The molecule has 6 nitrogen and oxygen atoms in total.